The molecule has 4 nitrogen and oxygen atoms in total. The largest absolute Gasteiger partial charge is 0.444 e. The molecule has 0 aromatic carbocycles. The van der Waals surface area contributed by atoms with Crippen LogP contribution < -0.4 is 0 Å². The van der Waals surface area contributed by atoms with Crippen LogP contribution in [0.4, 0.5) is 9.18 Å². The molecule has 1 amide bonds. The van der Waals surface area contributed by atoms with E-state index in [4.69, 9.17) is 9.47 Å². The van der Waals surface area contributed by atoms with Crippen molar-refractivity contribution >= 4 is 6.09 Å². The van der Waals surface area contributed by atoms with E-state index in [1.807, 2.05) is 32.9 Å². The second kappa shape index (κ2) is 10.3. The topological polar surface area (TPSA) is 38.8 Å². The Morgan fingerprint density at radius 1 is 1.26 bits per heavy atom. The zero-order valence-corrected chi connectivity index (χ0v) is 17.2. The number of rotatable bonds is 3. The van der Waals surface area contributed by atoms with Crippen LogP contribution in [0.3, 0.4) is 0 Å². The molecular weight excluding hydrogens is 345 g/mol. The molecule has 2 rings (SSSR count). The SMILES string of the molecule is C=CC1=C(C(=C)C2=CC=C(F)CC2)CCOC1.CN(C)C(=O)OC(C)(C)C. The highest BCUT2D eigenvalue weighted by Crippen LogP contribution is 2.32. The van der Waals surface area contributed by atoms with Gasteiger partial charge in [-0.15, -0.1) is 0 Å². The highest BCUT2D eigenvalue weighted by Gasteiger charge is 2.18. The van der Waals surface area contributed by atoms with Gasteiger partial charge in [0.05, 0.1) is 13.2 Å². The predicted octanol–water partition coefficient (Wildman–Crippen LogP) is 5.50. The fraction of sp³-hybridized carbons (Fsp3) is 0.500. The normalized spacial score (nSPS) is 17.1. The number of halogens is 1. The molecule has 0 spiro atoms. The van der Waals surface area contributed by atoms with E-state index in [1.54, 1.807) is 14.1 Å². The molecule has 0 bridgehead atoms. The molecule has 1 heterocycles. The zero-order valence-electron chi connectivity index (χ0n) is 17.2. The minimum absolute atomic E-state index is 0.0496. The molecule has 1 aliphatic heterocycles. The lowest BCUT2D eigenvalue weighted by molar-refractivity contribution is 0.0341. The smallest absolute Gasteiger partial charge is 0.409 e. The van der Waals surface area contributed by atoms with Crippen molar-refractivity contribution in [1.29, 1.82) is 0 Å². The minimum Gasteiger partial charge on any atom is -0.444 e. The van der Waals surface area contributed by atoms with Gasteiger partial charge in [0.2, 0.25) is 0 Å². The van der Waals surface area contributed by atoms with E-state index in [0.29, 0.717) is 13.0 Å². The molecule has 0 unspecified atom stereocenters. The van der Waals surface area contributed by atoms with Crippen molar-refractivity contribution < 1.29 is 18.7 Å². The standard InChI is InChI=1S/C15H17FO.C7H15NO2/c1-3-12-10-17-9-8-15(12)11(2)13-4-6-14(16)7-5-13;1-7(2,3)10-6(9)8(4)5/h3-4,6H,1-2,5,7-10H2;1-5H3. The summed E-state index contributed by atoms with van der Waals surface area (Å²) in [7, 11) is 3.32. The molecule has 0 saturated carbocycles. The minimum atomic E-state index is -0.388. The molecule has 0 N–H and O–H groups in total. The van der Waals surface area contributed by atoms with Crippen molar-refractivity contribution in [1.82, 2.24) is 4.90 Å². The van der Waals surface area contributed by atoms with Crippen LogP contribution in [-0.2, 0) is 9.47 Å². The fourth-order valence-electron chi connectivity index (χ4n) is 2.54. The van der Waals surface area contributed by atoms with Gasteiger partial charge in [-0.25, -0.2) is 9.18 Å². The first kappa shape index (κ1) is 22.9. The van der Waals surface area contributed by atoms with E-state index in [9.17, 15) is 9.18 Å². The molecule has 0 aromatic heterocycles. The maximum Gasteiger partial charge on any atom is 0.409 e. The third-order valence-corrected chi connectivity index (χ3v) is 4.00. The van der Waals surface area contributed by atoms with Crippen LogP contribution in [0.25, 0.3) is 0 Å². The molecule has 0 fully saturated rings. The Morgan fingerprint density at radius 2 is 1.93 bits per heavy atom. The molecule has 1 aliphatic carbocycles. The average molecular weight is 378 g/mol. The van der Waals surface area contributed by atoms with Crippen LogP contribution in [0.5, 0.6) is 0 Å². The Hall–Kier alpha value is -2.14. The average Bonchev–Trinajstić information content (AvgIpc) is 2.61. The van der Waals surface area contributed by atoms with Crippen molar-refractivity contribution in [2.45, 2.75) is 45.6 Å². The van der Waals surface area contributed by atoms with Crippen molar-refractivity contribution in [2.75, 3.05) is 27.3 Å². The summed E-state index contributed by atoms with van der Waals surface area (Å²) < 4.78 is 23.3. The van der Waals surface area contributed by atoms with Gasteiger partial charge in [0.1, 0.15) is 11.4 Å². The number of ether oxygens (including phenoxy) is 2. The zero-order chi connectivity index (χ0) is 20.6. The quantitative estimate of drug-likeness (QED) is 0.652. The summed E-state index contributed by atoms with van der Waals surface area (Å²) in [4.78, 5) is 12.3. The van der Waals surface area contributed by atoms with Gasteiger partial charge in [-0.05, 0) is 62.0 Å². The van der Waals surface area contributed by atoms with Gasteiger partial charge in [-0.1, -0.05) is 25.3 Å². The van der Waals surface area contributed by atoms with Gasteiger partial charge in [0, 0.05) is 20.5 Å². The van der Waals surface area contributed by atoms with Gasteiger partial charge in [-0.2, -0.15) is 0 Å². The molecule has 0 radical (unpaired) electrons. The number of carbonyl (C=O) groups excluding carboxylic acids is 1. The summed E-state index contributed by atoms with van der Waals surface area (Å²) in [6, 6.07) is 0. The molecular formula is C22H32FNO3. The lowest BCUT2D eigenvalue weighted by Crippen LogP contribution is -2.31. The van der Waals surface area contributed by atoms with Crippen LogP contribution in [0.1, 0.15) is 40.0 Å². The van der Waals surface area contributed by atoms with E-state index in [0.717, 1.165) is 36.2 Å². The molecule has 2 aliphatic rings. The molecule has 0 saturated heterocycles. The van der Waals surface area contributed by atoms with Crippen LogP contribution >= 0.6 is 0 Å². The second-order valence-electron chi connectivity index (χ2n) is 7.67. The number of hydrogen-bond donors (Lipinski definition) is 0. The predicted molar refractivity (Wildman–Crippen MR) is 108 cm³/mol. The van der Waals surface area contributed by atoms with Crippen molar-refractivity contribution in [3.05, 3.63) is 59.5 Å². The summed E-state index contributed by atoms with van der Waals surface area (Å²) in [6.45, 7) is 14.8. The Balaban J connectivity index is 0.000000314. The van der Waals surface area contributed by atoms with Crippen molar-refractivity contribution in [3.8, 4) is 0 Å². The summed E-state index contributed by atoms with van der Waals surface area (Å²) in [5, 5.41) is 0. The number of hydrogen-bond acceptors (Lipinski definition) is 3. The van der Waals surface area contributed by atoms with Crippen LogP contribution in [-0.4, -0.2) is 43.9 Å². The molecule has 0 atom stereocenters. The number of allylic oxidation sites excluding steroid dienone is 5. The third-order valence-electron chi connectivity index (χ3n) is 4.00. The Morgan fingerprint density at radius 3 is 2.37 bits per heavy atom. The molecule has 150 valence electrons. The summed E-state index contributed by atoms with van der Waals surface area (Å²) in [5.41, 5.74) is 4.08. The summed E-state index contributed by atoms with van der Waals surface area (Å²) in [5.74, 6) is -0.0496. The maximum atomic E-state index is 12.9. The Kier molecular flexibility index (Phi) is 8.70. The van der Waals surface area contributed by atoms with E-state index >= 15 is 0 Å². The van der Waals surface area contributed by atoms with E-state index in [-0.39, 0.29) is 17.5 Å². The van der Waals surface area contributed by atoms with Gasteiger partial charge >= 0.3 is 6.09 Å². The number of carbonyl (C=O) groups is 1. The van der Waals surface area contributed by atoms with Crippen LogP contribution in [0.2, 0.25) is 0 Å². The maximum absolute atomic E-state index is 12.9. The van der Waals surface area contributed by atoms with Crippen molar-refractivity contribution in [3.63, 3.8) is 0 Å². The number of amides is 1. The van der Waals surface area contributed by atoms with Gasteiger partial charge in [0.15, 0.2) is 0 Å². The third kappa shape index (κ3) is 7.95. The highest BCUT2D eigenvalue weighted by molar-refractivity contribution is 5.67. The first-order chi connectivity index (χ1) is 12.5. The Labute approximate surface area is 162 Å². The second-order valence-corrected chi connectivity index (χ2v) is 7.67. The summed E-state index contributed by atoms with van der Waals surface area (Å²) in [6.07, 6.45) is 6.99. The van der Waals surface area contributed by atoms with Gasteiger partial charge < -0.3 is 14.4 Å². The Bertz CT molecular complexity index is 664. The van der Waals surface area contributed by atoms with Crippen LogP contribution in [0.15, 0.2) is 59.5 Å². The first-order valence-corrected chi connectivity index (χ1v) is 9.12. The molecule has 27 heavy (non-hydrogen) atoms. The van der Waals surface area contributed by atoms with Crippen molar-refractivity contribution in [2.24, 2.45) is 0 Å². The lowest BCUT2D eigenvalue weighted by atomic mass is 9.88. The van der Waals surface area contributed by atoms with Gasteiger partial charge in [0.25, 0.3) is 0 Å². The fourth-order valence-corrected chi connectivity index (χ4v) is 2.54. The number of nitrogens with zero attached hydrogens (tertiary/aromatic N) is 1. The molecule has 0 aromatic rings. The van der Waals surface area contributed by atoms with E-state index in [2.05, 4.69) is 13.2 Å². The first-order valence-electron chi connectivity index (χ1n) is 9.12. The summed E-state index contributed by atoms with van der Waals surface area (Å²) >= 11 is 0. The van der Waals surface area contributed by atoms with E-state index < -0.39 is 0 Å². The van der Waals surface area contributed by atoms with E-state index in [1.165, 1.54) is 16.5 Å². The monoisotopic (exact) mass is 377 g/mol. The lowest BCUT2D eigenvalue weighted by Gasteiger charge is -2.23. The molecule has 5 heteroatoms. The van der Waals surface area contributed by atoms with Crippen LogP contribution in [0, 0.1) is 0 Å². The van der Waals surface area contributed by atoms with Gasteiger partial charge in [-0.3, -0.25) is 0 Å². The highest BCUT2D eigenvalue weighted by atomic mass is 19.1.